The Morgan fingerprint density at radius 2 is 1.82 bits per heavy atom. The number of nitrogens with one attached hydrogen (secondary N) is 1. The number of rotatable bonds is 1. The molecule has 0 aliphatic carbocycles. The minimum Gasteiger partial charge on any atom is -0.382 e. The van der Waals surface area contributed by atoms with Gasteiger partial charge in [0.2, 0.25) is 5.62 Å². The fourth-order valence-electron chi connectivity index (χ4n) is 1.38. The summed E-state index contributed by atoms with van der Waals surface area (Å²) in [5, 5.41) is 12.6. The molecule has 7 heteroatoms. The van der Waals surface area contributed by atoms with E-state index in [0.717, 1.165) is 0 Å². The normalized spacial score (nSPS) is 10.5. The lowest BCUT2D eigenvalue weighted by atomic mass is 10.1. The summed E-state index contributed by atoms with van der Waals surface area (Å²) in [6.45, 7) is 0. The van der Waals surface area contributed by atoms with Crippen molar-refractivity contribution in [1.29, 1.82) is 5.41 Å². The maximum atomic E-state index is 7.46. The van der Waals surface area contributed by atoms with Gasteiger partial charge in [-0.15, -0.1) is 0 Å². The van der Waals surface area contributed by atoms with Gasteiger partial charge in [-0.1, -0.05) is 23.2 Å². The Morgan fingerprint density at radius 1 is 1.24 bits per heavy atom. The zero-order chi connectivity index (χ0) is 12.6. The molecule has 0 atom stereocenters. The number of aryl methyl sites for hydroxylation is 1. The molecule has 88 valence electrons. The summed E-state index contributed by atoms with van der Waals surface area (Å²) in [5.41, 5.74) is 6.84. The second kappa shape index (κ2) is 4.35. The number of anilines is 1. The average Bonchev–Trinajstić information content (AvgIpc) is 2.22. The van der Waals surface area contributed by atoms with E-state index in [9.17, 15) is 0 Å². The molecule has 1 heterocycles. The Bertz CT molecular complexity index is 615. The molecule has 2 rings (SSSR count). The van der Waals surface area contributed by atoms with E-state index in [1.54, 1.807) is 25.2 Å². The van der Waals surface area contributed by atoms with Crippen LogP contribution in [-0.4, -0.2) is 14.8 Å². The van der Waals surface area contributed by atoms with Gasteiger partial charge < -0.3 is 5.73 Å². The van der Waals surface area contributed by atoms with Crippen LogP contribution in [0.4, 0.5) is 5.82 Å². The van der Waals surface area contributed by atoms with E-state index in [0.29, 0.717) is 21.3 Å². The Kier molecular flexibility index (Phi) is 3.04. The van der Waals surface area contributed by atoms with E-state index in [2.05, 4.69) is 10.1 Å². The maximum Gasteiger partial charge on any atom is 0.240 e. The van der Waals surface area contributed by atoms with E-state index < -0.39 is 0 Å². The van der Waals surface area contributed by atoms with Crippen molar-refractivity contribution < 1.29 is 0 Å². The highest BCUT2D eigenvalue weighted by molar-refractivity contribution is 6.35. The smallest absolute Gasteiger partial charge is 0.240 e. The quantitative estimate of drug-likeness (QED) is 0.829. The Labute approximate surface area is 107 Å². The minimum atomic E-state index is -0.0145. The van der Waals surface area contributed by atoms with Crippen molar-refractivity contribution in [3.63, 3.8) is 0 Å². The molecule has 0 saturated heterocycles. The molecule has 0 aliphatic rings. The molecule has 0 fully saturated rings. The van der Waals surface area contributed by atoms with Crippen molar-refractivity contribution in [2.24, 2.45) is 7.05 Å². The number of benzene rings is 1. The number of halogens is 2. The van der Waals surface area contributed by atoms with E-state index in [4.69, 9.17) is 34.3 Å². The second-order valence-electron chi connectivity index (χ2n) is 3.45. The van der Waals surface area contributed by atoms with Gasteiger partial charge in [-0.3, -0.25) is 5.41 Å². The first-order valence-electron chi connectivity index (χ1n) is 4.69. The summed E-state index contributed by atoms with van der Waals surface area (Å²) in [6, 6.07) is 5.00. The van der Waals surface area contributed by atoms with Gasteiger partial charge in [-0.2, -0.15) is 10.1 Å². The molecule has 0 saturated carbocycles. The summed E-state index contributed by atoms with van der Waals surface area (Å²) in [4.78, 5) is 3.87. The van der Waals surface area contributed by atoms with Crippen molar-refractivity contribution in [3.05, 3.63) is 33.9 Å². The van der Waals surface area contributed by atoms with Crippen LogP contribution in [0.25, 0.3) is 11.3 Å². The predicted molar refractivity (Wildman–Crippen MR) is 66.7 cm³/mol. The molecule has 0 spiro atoms. The first-order valence-corrected chi connectivity index (χ1v) is 5.45. The molecule has 0 unspecified atom stereocenters. The number of hydrogen-bond acceptors (Lipinski definition) is 4. The maximum absolute atomic E-state index is 7.46. The SMILES string of the molecule is Cn1nc(-c2cc(Cl)cc(Cl)c2)c(N)nc1=N. The van der Waals surface area contributed by atoms with Gasteiger partial charge in [0.25, 0.3) is 0 Å². The molecule has 17 heavy (non-hydrogen) atoms. The largest absolute Gasteiger partial charge is 0.382 e. The Balaban J connectivity index is 2.68. The summed E-state index contributed by atoms with van der Waals surface area (Å²) < 4.78 is 1.32. The lowest BCUT2D eigenvalue weighted by Gasteiger charge is -2.07. The summed E-state index contributed by atoms with van der Waals surface area (Å²) in [6.07, 6.45) is 0. The molecule has 2 aromatic rings. The van der Waals surface area contributed by atoms with Crippen LogP contribution in [0.2, 0.25) is 10.0 Å². The Hall–Kier alpha value is -1.59. The van der Waals surface area contributed by atoms with Gasteiger partial charge in [-0.25, -0.2) is 4.68 Å². The molecule has 3 N–H and O–H groups in total. The van der Waals surface area contributed by atoms with Crippen LogP contribution < -0.4 is 11.4 Å². The fraction of sp³-hybridized carbons (Fsp3) is 0.100. The van der Waals surface area contributed by atoms with Gasteiger partial charge in [0.05, 0.1) is 0 Å². The van der Waals surface area contributed by atoms with Crippen molar-refractivity contribution in [2.75, 3.05) is 5.73 Å². The topological polar surface area (TPSA) is 80.6 Å². The van der Waals surface area contributed by atoms with Crippen molar-refractivity contribution >= 4 is 29.0 Å². The number of aromatic nitrogens is 3. The van der Waals surface area contributed by atoms with E-state index in [1.807, 2.05) is 0 Å². The predicted octanol–water partition coefficient (Wildman–Crippen LogP) is 1.85. The fourth-order valence-corrected chi connectivity index (χ4v) is 1.91. The molecule has 1 aromatic carbocycles. The summed E-state index contributed by atoms with van der Waals surface area (Å²) >= 11 is 11.8. The highest BCUT2D eigenvalue weighted by Crippen LogP contribution is 2.27. The monoisotopic (exact) mass is 269 g/mol. The molecular formula is C10H9Cl2N5. The number of nitrogens with zero attached hydrogens (tertiary/aromatic N) is 3. The van der Waals surface area contributed by atoms with Crippen LogP contribution in [0, 0.1) is 5.41 Å². The van der Waals surface area contributed by atoms with Gasteiger partial charge in [0.1, 0.15) is 5.69 Å². The second-order valence-corrected chi connectivity index (χ2v) is 4.32. The zero-order valence-electron chi connectivity index (χ0n) is 8.91. The molecule has 0 bridgehead atoms. The minimum absolute atomic E-state index is 0.0145. The molecule has 5 nitrogen and oxygen atoms in total. The highest BCUT2D eigenvalue weighted by atomic mass is 35.5. The molecular weight excluding hydrogens is 261 g/mol. The van der Waals surface area contributed by atoms with E-state index >= 15 is 0 Å². The van der Waals surface area contributed by atoms with Crippen LogP contribution in [-0.2, 0) is 7.05 Å². The van der Waals surface area contributed by atoms with Crippen LogP contribution in [0.1, 0.15) is 0 Å². The number of nitrogens with two attached hydrogens (primary N) is 1. The lowest BCUT2D eigenvalue weighted by Crippen LogP contribution is -2.24. The zero-order valence-corrected chi connectivity index (χ0v) is 10.4. The van der Waals surface area contributed by atoms with Crippen LogP contribution in [0.15, 0.2) is 18.2 Å². The first-order chi connectivity index (χ1) is 7.97. The molecule has 0 radical (unpaired) electrons. The highest BCUT2D eigenvalue weighted by Gasteiger charge is 2.09. The number of hydrogen-bond donors (Lipinski definition) is 2. The third-order valence-electron chi connectivity index (χ3n) is 2.16. The molecule has 0 aliphatic heterocycles. The van der Waals surface area contributed by atoms with E-state index in [-0.39, 0.29) is 11.4 Å². The van der Waals surface area contributed by atoms with Crippen molar-refractivity contribution in [1.82, 2.24) is 14.8 Å². The summed E-state index contributed by atoms with van der Waals surface area (Å²) in [7, 11) is 1.62. The molecule has 1 aromatic heterocycles. The summed E-state index contributed by atoms with van der Waals surface area (Å²) in [5.74, 6) is 0.173. The third kappa shape index (κ3) is 2.40. The lowest BCUT2D eigenvalue weighted by molar-refractivity contribution is 0.652. The standard InChI is InChI=1S/C10H9Cl2N5/c1-17-10(14)15-9(13)8(16-17)5-2-6(11)4-7(12)3-5/h2-4H,1H3,(H3,13,14,15). The van der Waals surface area contributed by atoms with Crippen LogP contribution >= 0.6 is 23.2 Å². The Morgan fingerprint density at radius 3 is 2.41 bits per heavy atom. The van der Waals surface area contributed by atoms with Gasteiger partial charge in [-0.05, 0) is 18.2 Å². The van der Waals surface area contributed by atoms with Crippen LogP contribution in [0.5, 0.6) is 0 Å². The van der Waals surface area contributed by atoms with Crippen molar-refractivity contribution in [2.45, 2.75) is 0 Å². The number of nitrogen functional groups attached to an aromatic ring is 1. The third-order valence-corrected chi connectivity index (χ3v) is 2.60. The first kappa shape index (κ1) is 11.9. The molecule has 0 amide bonds. The van der Waals surface area contributed by atoms with Crippen molar-refractivity contribution in [3.8, 4) is 11.3 Å². The average molecular weight is 270 g/mol. The van der Waals surface area contributed by atoms with Crippen LogP contribution in [0.3, 0.4) is 0 Å². The van der Waals surface area contributed by atoms with E-state index in [1.165, 1.54) is 4.68 Å². The van der Waals surface area contributed by atoms with Gasteiger partial charge >= 0.3 is 0 Å². The van der Waals surface area contributed by atoms with Gasteiger partial charge in [0.15, 0.2) is 5.82 Å². The van der Waals surface area contributed by atoms with Gasteiger partial charge in [0, 0.05) is 22.7 Å².